The molecule has 184 valence electrons. The highest BCUT2D eigenvalue weighted by Gasteiger charge is 2.33. The van der Waals surface area contributed by atoms with E-state index in [1.807, 2.05) is 30.5 Å². The lowest BCUT2D eigenvalue weighted by Crippen LogP contribution is -2.51. The molecular weight excluding hydrogens is 474 g/mol. The number of pyridine rings is 1. The van der Waals surface area contributed by atoms with Crippen molar-refractivity contribution < 1.29 is 4.74 Å². The Morgan fingerprint density at radius 3 is 2.86 bits per heavy atom. The molecule has 3 unspecified atom stereocenters. The molecule has 3 aromatic heterocycles. The zero-order valence-corrected chi connectivity index (χ0v) is 20.5. The van der Waals surface area contributed by atoms with Crippen molar-refractivity contribution in [3.63, 3.8) is 0 Å². The van der Waals surface area contributed by atoms with Gasteiger partial charge in [-0.05, 0) is 43.5 Å². The topological polar surface area (TPSA) is 139 Å². The number of allylic oxidation sites excluding steroid dienone is 1. The van der Waals surface area contributed by atoms with Crippen LogP contribution in [0.25, 0.3) is 28.0 Å². The number of aromatic nitrogens is 4. The van der Waals surface area contributed by atoms with E-state index in [2.05, 4.69) is 30.7 Å². The highest BCUT2D eigenvalue weighted by Crippen LogP contribution is 2.37. The van der Waals surface area contributed by atoms with Gasteiger partial charge in [0, 0.05) is 55.6 Å². The summed E-state index contributed by atoms with van der Waals surface area (Å²) in [5, 5.41) is 34.6. The molecule has 6 rings (SSSR count). The van der Waals surface area contributed by atoms with Crippen LogP contribution in [0.3, 0.4) is 0 Å². The smallest absolute Gasteiger partial charge is 0.208 e. The van der Waals surface area contributed by atoms with Gasteiger partial charge in [0.1, 0.15) is 6.07 Å². The Balaban J connectivity index is 1.30. The number of aromatic amines is 1. The molecule has 3 atom stereocenters. The fourth-order valence-corrected chi connectivity index (χ4v) is 5.97. The van der Waals surface area contributed by atoms with Gasteiger partial charge < -0.3 is 30.7 Å². The normalized spacial score (nSPS) is 23.6. The van der Waals surface area contributed by atoms with Gasteiger partial charge in [-0.1, -0.05) is 11.3 Å². The molecule has 3 aliphatic heterocycles. The van der Waals surface area contributed by atoms with Gasteiger partial charge in [0.25, 0.3) is 0 Å². The maximum atomic E-state index is 9.11. The standard InChI is InChI=1S/C25H27N9OS/c26-9-15(10-27)7-16-3-4-21(30-16)23-8-22(31-19-5-6-35-14-19)20(11-28-23)24-32-33-25(36-24)34-12-17-1-2-18(13-34)29-17/h3-4,7-9,11,17-19,26,29-30H,1-2,5-6,12-14H2,(H,28,31)/b15-7+,26-9?. The number of hydrogen-bond acceptors (Lipinski definition) is 10. The molecule has 3 aliphatic rings. The summed E-state index contributed by atoms with van der Waals surface area (Å²) >= 11 is 1.61. The molecular formula is C25H27N9OS. The zero-order valence-electron chi connectivity index (χ0n) is 19.7. The van der Waals surface area contributed by atoms with Crippen LogP contribution in [0.5, 0.6) is 0 Å². The average Bonchev–Trinajstić information content (AvgIpc) is 3.71. The third-order valence-electron chi connectivity index (χ3n) is 6.91. The molecule has 10 nitrogen and oxygen atoms in total. The third-order valence-corrected chi connectivity index (χ3v) is 7.92. The molecule has 3 aromatic rings. The molecule has 0 aliphatic carbocycles. The molecule has 11 heteroatoms. The van der Waals surface area contributed by atoms with Crippen LogP contribution in [0.15, 0.2) is 30.0 Å². The summed E-state index contributed by atoms with van der Waals surface area (Å²) in [4.78, 5) is 10.4. The quantitative estimate of drug-likeness (QED) is 0.286. The van der Waals surface area contributed by atoms with E-state index in [-0.39, 0.29) is 11.6 Å². The van der Waals surface area contributed by atoms with Gasteiger partial charge in [-0.25, -0.2) is 0 Å². The lowest BCUT2D eigenvalue weighted by molar-refractivity contribution is 0.195. The van der Waals surface area contributed by atoms with Crippen LogP contribution < -0.4 is 15.5 Å². The molecule has 0 saturated carbocycles. The molecule has 3 fully saturated rings. The van der Waals surface area contributed by atoms with E-state index in [4.69, 9.17) is 20.4 Å². The maximum absolute atomic E-state index is 9.11. The number of nitrogens with zero attached hydrogens (tertiary/aromatic N) is 5. The molecule has 4 N–H and O–H groups in total. The second-order valence-electron chi connectivity index (χ2n) is 9.44. The number of piperazine rings is 1. The first-order chi connectivity index (χ1) is 17.7. The Kier molecular flexibility index (Phi) is 6.23. The summed E-state index contributed by atoms with van der Waals surface area (Å²) in [6, 6.07) is 9.14. The minimum absolute atomic E-state index is 0.225. The molecule has 0 aromatic carbocycles. The van der Waals surface area contributed by atoms with E-state index in [1.54, 1.807) is 17.4 Å². The third kappa shape index (κ3) is 4.63. The van der Waals surface area contributed by atoms with Gasteiger partial charge >= 0.3 is 0 Å². The second-order valence-corrected chi connectivity index (χ2v) is 10.4. The van der Waals surface area contributed by atoms with Crippen molar-refractivity contribution >= 4 is 34.4 Å². The van der Waals surface area contributed by atoms with Crippen LogP contribution in [0.4, 0.5) is 10.8 Å². The summed E-state index contributed by atoms with van der Waals surface area (Å²) in [5.41, 5.74) is 4.50. The predicted molar refractivity (Wildman–Crippen MR) is 140 cm³/mol. The molecule has 6 heterocycles. The fourth-order valence-electron chi connectivity index (χ4n) is 5.09. The molecule has 0 amide bonds. The second kappa shape index (κ2) is 9.81. The molecule has 3 saturated heterocycles. The van der Waals surface area contributed by atoms with Gasteiger partial charge in [0.15, 0.2) is 5.01 Å². The van der Waals surface area contributed by atoms with Crippen molar-refractivity contribution in [2.24, 2.45) is 0 Å². The lowest BCUT2D eigenvalue weighted by Gasteiger charge is -2.32. The van der Waals surface area contributed by atoms with Gasteiger partial charge in [-0.2, -0.15) is 5.26 Å². The van der Waals surface area contributed by atoms with Crippen molar-refractivity contribution in [3.8, 4) is 28.0 Å². The number of H-pyrrole nitrogens is 1. The number of nitrogens with one attached hydrogen (secondary N) is 4. The van der Waals surface area contributed by atoms with E-state index in [0.29, 0.717) is 18.7 Å². The number of hydrogen-bond donors (Lipinski definition) is 4. The van der Waals surface area contributed by atoms with Gasteiger partial charge in [-0.15, -0.1) is 10.2 Å². The van der Waals surface area contributed by atoms with Crippen molar-refractivity contribution in [1.82, 2.24) is 25.5 Å². The number of ether oxygens (including phenoxy) is 1. The average molecular weight is 502 g/mol. The van der Waals surface area contributed by atoms with Crippen molar-refractivity contribution in [1.29, 1.82) is 10.7 Å². The first kappa shape index (κ1) is 22.8. The summed E-state index contributed by atoms with van der Waals surface area (Å²) in [6.45, 7) is 3.36. The van der Waals surface area contributed by atoms with Crippen LogP contribution in [0.2, 0.25) is 0 Å². The molecule has 2 bridgehead atoms. The van der Waals surface area contributed by atoms with Crippen LogP contribution in [0, 0.1) is 16.7 Å². The highest BCUT2D eigenvalue weighted by atomic mass is 32.1. The van der Waals surface area contributed by atoms with Crippen LogP contribution in [0.1, 0.15) is 25.0 Å². The Bertz CT molecular complexity index is 1320. The number of fused-ring (bicyclic) bond motifs is 2. The van der Waals surface area contributed by atoms with Crippen molar-refractivity contribution in [3.05, 3.63) is 35.7 Å². The van der Waals surface area contributed by atoms with Gasteiger partial charge in [0.2, 0.25) is 5.13 Å². The first-order valence-electron chi connectivity index (χ1n) is 12.2. The van der Waals surface area contributed by atoms with E-state index >= 15 is 0 Å². The predicted octanol–water partition coefficient (Wildman–Crippen LogP) is 3.29. The Labute approximate surface area is 212 Å². The largest absolute Gasteiger partial charge is 0.379 e. The summed E-state index contributed by atoms with van der Waals surface area (Å²) in [5.74, 6) is 0. The van der Waals surface area contributed by atoms with Crippen molar-refractivity contribution in [2.75, 3.05) is 36.5 Å². The summed E-state index contributed by atoms with van der Waals surface area (Å²) < 4.78 is 5.59. The monoisotopic (exact) mass is 501 g/mol. The first-order valence-corrected chi connectivity index (χ1v) is 13.0. The fraction of sp³-hybridized carbons (Fsp3) is 0.400. The lowest BCUT2D eigenvalue weighted by atomic mass is 10.1. The molecule has 0 radical (unpaired) electrons. The number of nitriles is 1. The number of rotatable bonds is 7. The van der Waals surface area contributed by atoms with Crippen molar-refractivity contribution in [2.45, 2.75) is 37.4 Å². The molecule has 0 spiro atoms. The Morgan fingerprint density at radius 2 is 2.11 bits per heavy atom. The Morgan fingerprint density at radius 1 is 1.25 bits per heavy atom. The molecule has 36 heavy (non-hydrogen) atoms. The minimum Gasteiger partial charge on any atom is -0.379 e. The van der Waals surface area contributed by atoms with E-state index < -0.39 is 0 Å². The van der Waals surface area contributed by atoms with E-state index in [9.17, 15) is 0 Å². The Hall–Kier alpha value is -3.59. The van der Waals surface area contributed by atoms with Crippen LogP contribution >= 0.6 is 11.3 Å². The maximum Gasteiger partial charge on any atom is 0.208 e. The zero-order chi connectivity index (χ0) is 24.5. The SMILES string of the molecule is N#C/C(C=N)=C/c1ccc(-c2cc(NC3CCOC3)c(-c3nnc(N4CC5CCC(C4)N5)s3)cn2)[nH]1. The minimum atomic E-state index is 0.225. The summed E-state index contributed by atoms with van der Waals surface area (Å²) in [7, 11) is 0. The van der Waals surface area contributed by atoms with Gasteiger partial charge in [-0.3, -0.25) is 4.98 Å². The van der Waals surface area contributed by atoms with Gasteiger partial charge in [0.05, 0.1) is 35.2 Å². The number of anilines is 2. The van der Waals surface area contributed by atoms with Crippen LogP contribution in [-0.4, -0.2) is 70.8 Å². The summed E-state index contributed by atoms with van der Waals surface area (Å²) in [6.07, 6.45) is 7.94. The highest BCUT2D eigenvalue weighted by molar-refractivity contribution is 7.18. The van der Waals surface area contributed by atoms with E-state index in [0.717, 1.165) is 70.8 Å². The van der Waals surface area contributed by atoms with E-state index in [1.165, 1.54) is 12.8 Å². The van der Waals surface area contributed by atoms with Crippen LogP contribution in [-0.2, 0) is 4.74 Å².